The molecule has 1 aliphatic rings. The van der Waals surface area contributed by atoms with Crippen LogP contribution in [0.15, 0.2) is 24.3 Å². The minimum Gasteiger partial charge on any atom is -0.376 e. The van der Waals surface area contributed by atoms with E-state index in [4.69, 9.17) is 0 Å². The number of hydrogen-bond acceptors (Lipinski definition) is 3. The second-order valence-corrected chi connectivity index (χ2v) is 4.80. The van der Waals surface area contributed by atoms with Crippen LogP contribution in [0.5, 0.6) is 0 Å². The zero-order valence-electron chi connectivity index (χ0n) is 11.3. The van der Waals surface area contributed by atoms with Crippen LogP contribution in [0, 0.1) is 0 Å². The first-order valence-corrected chi connectivity index (χ1v) is 6.85. The van der Waals surface area contributed by atoms with Gasteiger partial charge in [-0.3, -0.25) is 9.59 Å². The standard InChI is InChI=1S/C15H20N2O2/c1-2-14(18)12-5-7-13(8-6-12)16-11-15(19)17-9-3-4-10-17/h5-8,16H,2-4,9-11H2,1H3. The fourth-order valence-electron chi connectivity index (χ4n) is 2.23. The van der Waals surface area contributed by atoms with E-state index in [2.05, 4.69) is 5.32 Å². The predicted molar refractivity (Wildman–Crippen MR) is 75.4 cm³/mol. The maximum atomic E-state index is 11.8. The van der Waals surface area contributed by atoms with Gasteiger partial charge in [0.05, 0.1) is 6.54 Å². The molecular formula is C15H20N2O2. The summed E-state index contributed by atoms with van der Waals surface area (Å²) in [4.78, 5) is 25.2. The van der Waals surface area contributed by atoms with E-state index < -0.39 is 0 Å². The molecule has 4 nitrogen and oxygen atoms in total. The van der Waals surface area contributed by atoms with Gasteiger partial charge >= 0.3 is 0 Å². The topological polar surface area (TPSA) is 49.4 Å². The van der Waals surface area contributed by atoms with Crippen molar-refractivity contribution in [3.05, 3.63) is 29.8 Å². The molecule has 1 aromatic carbocycles. The van der Waals surface area contributed by atoms with Crippen LogP contribution >= 0.6 is 0 Å². The number of hydrogen-bond donors (Lipinski definition) is 1. The van der Waals surface area contributed by atoms with Gasteiger partial charge in [-0.2, -0.15) is 0 Å². The molecule has 4 heteroatoms. The van der Waals surface area contributed by atoms with E-state index in [1.807, 2.05) is 24.0 Å². The van der Waals surface area contributed by atoms with Gasteiger partial charge in [0.2, 0.25) is 5.91 Å². The van der Waals surface area contributed by atoms with Gasteiger partial charge in [0.25, 0.3) is 0 Å². The molecule has 1 aliphatic heterocycles. The highest BCUT2D eigenvalue weighted by molar-refractivity contribution is 5.96. The highest BCUT2D eigenvalue weighted by Gasteiger charge is 2.17. The number of carbonyl (C=O) groups is 2. The fourth-order valence-corrected chi connectivity index (χ4v) is 2.23. The number of carbonyl (C=O) groups excluding carboxylic acids is 2. The van der Waals surface area contributed by atoms with E-state index in [-0.39, 0.29) is 11.7 Å². The van der Waals surface area contributed by atoms with Crippen molar-refractivity contribution in [2.24, 2.45) is 0 Å². The molecule has 0 unspecified atom stereocenters. The Morgan fingerprint density at radius 1 is 1.16 bits per heavy atom. The second kappa shape index (κ2) is 6.36. The molecule has 1 fully saturated rings. The lowest BCUT2D eigenvalue weighted by Crippen LogP contribution is -2.32. The normalized spacial score (nSPS) is 14.5. The average molecular weight is 260 g/mol. The third kappa shape index (κ3) is 3.56. The highest BCUT2D eigenvalue weighted by Crippen LogP contribution is 2.12. The molecule has 0 aromatic heterocycles. The van der Waals surface area contributed by atoms with Gasteiger partial charge < -0.3 is 10.2 Å². The van der Waals surface area contributed by atoms with E-state index in [1.54, 1.807) is 12.1 Å². The Bertz CT molecular complexity index is 448. The van der Waals surface area contributed by atoms with Gasteiger partial charge in [-0.15, -0.1) is 0 Å². The van der Waals surface area contributed by atoms with Crippen molar-refractivity contribution in [2.45, 2.75) is 26.2 Å². The number of rotatable bonds is 5. The maximum Gasteiger partial charge on any atom is 0.241 e. The Hall–Kier alpha value is -1.84. The number of anilines is 1. The predicted octanol–water partition coefficient (Wildman–Crippen LogP) is 2.31. The van der Waals surface area contributed by atoms with Crippen molar-refractivity contribution in [1.82, 2.24) is 4.90 Å². The molecule has 1 aromatic rings. The van der Waals surface area contributed by atoms with Crippen LogP contribution in [0.2, 0.25) is 0 Å². The van der Waals surface area contributed by atoms with E-state index in [0.717, 1.165) is 37.2 Å². The minimum absolute atomic E-state index is 0.139. The van der Waals surface area contributed by atoms with Gasteiger partial charge in [0, 0.05) is 30.8 Å². The summed E-state index contributed by atoms with van der Waals surface area (Å²) in [7, 11) is 0. The van der Waals surface area contributed by atoms with E-state index in [0.29, 0.717) is 13.0 Å². The molecule has 2 rings (SSSR count). The smallest absolute Gasteiger partial charge is 0.241 e. The highest BCUT2D eigenvalue weighted by atomic mass is 16.2. The van der Waals surface area contributed by atoms with E-state index >= 15 is 0 Å². The van der Waals surface area contributed by atoms with Crippen LogP contribution in [-0.2, 0) is 4.79 Å². The fraction of sp³-hybridized carbons (Fsp3) is 0.467. The van der Waals surface area contributed by atoms with Gasteiger partial charge in [0.1, 0.15) is 0 Å². The zero-order chi connectivity index (χ0) is 13.7. The van der Waals surface area contributed by atoms with Crippen LogP contribution in [0.1, 0.15) is 36.5 Å². The number of ketones is 1. The summed E-state index contributed by atoms with van der Waals surface area (Å²) < 4.78 is 0. The molecule has 0 aliphatic carbocycles. The Balaban J connectivity index is 1.85. The summed E-state index contributed by atoms with van der Waals surface area (Å²) in [6.07, 6.45) is 2.74. The van der Waals surface area contributed by atoms with Crippen LogP contribution in [0.4, 0.5) is 5.69 Å². The number of nitrogens with zero attached hydrogens (tertiary/aromatic N) is 1. The van der Waals surface area contributed by atoms with Crippen molar-refractivity contribution in [3.63, 3.8) is 0 Å². The first-order chi connectivity index (χ1) is 9.20. The lowest BCUT2D eigenvalue weighted by Gasteiger charge is -2.16. The van der Waals surface area contributed by atoms with Gasteiger partial charge in [0.15, 0.2) is 5.78 Å². The number of nitrogens with one attached hydrogen (secondary N) is 1. The monoisotopic (exact) mass is 260 g/mol. The molecule has 19 heavy (non-hydrogen) atoms. The number of Topliss-reactive ketones (excluding diaryl/α,β-unsaturated/α-hetero) is 1. The summed E-state index contributed by atoms with van der Waals surface area (Å²) >= 11 is 0. The Labute approximate surface area is 113 Å². The van der Waals surface area contributed by atoms with E-state index in [1.165, 1.54) is 0 Å². The molecule has 0 radical (unpaired) electrons. The van der Waals surface area contributed by atoms with Crippen molar-refractivity contribution >= 4 is 17.4 Å². The molecule has 1 heterocycles. The molecule has 0 spiro atoms. The first kappa shape index (κ1) is 13.6. The average Bonchev–Trinajstić information content (AvgIpc) is 2.98. The lowest BCUT2D eigenvalue weighted by atomic mass is 10.1. The summed E-state index contributed by atoms with van der Waals surface area (Å²) in [5.74, 6) is 0.283. The van der Waals surface area contributed by atoms with Crippen molar-refractivity contribution in [2.75, 3.05) is 25.0 Å². The third-order valence-corrected chi connectivity index (χ3v) is 3.43. The van der Waals surface area contributed by atoms with Crippen molar-refractivity contribution in [3.8, 4) is 0 Å². The quantitative estimate of drug-likeness (QED) is 0.826. The lowest BCUT2D eigenvalue weighted by molar-refractivity contribution is -0.128. The van der Waals surface area contributed by atoms with Crippen LogP contribution in [0.3, 0.4) is 0 Å². The van der Waals surface area contributed by atoms with Crippen LogP contribution < -0.4 is 5.32 Å². The Morgan fingerprint density at radius 2 is 1.79 bits per heavy atom. The van der Waals surface area contributed by atoms with Gasteiger partial charge in [-0.05, 0) is 37.1 Å². The third-order valence-electron chi connectivity index (χ3n) is 3.43. The van der Waals surface area contributed by atoms with Gasteiger partial charge in [-0.1, -0.05) is 6.92 Å². The number of amides is 1. The number of benzene rings is 1. The van der Waals surface area contributed by atoms with E-state index in [9.17, 15) is 9.59 Å². The summed E-state index contributed by atoms with van der Waals surface area (Å²) in [5.41, 5.74) is 1.60. The molecule has 1 amide bonds. The molecule has 1 N–H and O–H groups in total. The van der Waals surface area contributed by atoms with Gasteiger partial charge in [-0.25, -0.2) is 0 Å². The minimum atomic E-state index is 0.139. The molecule has 102 valence electrons. The zero-order valence-corrected chi connectivity index (χ0v) is 11.3. The SMILES string of the molecule is CCC(=O)c1ccc(NCC(=O)N2CCCC2)cc1. The Morgan fingerprint density at radius 3 is 2.37 bits per heavy atom. The molecule has 0 atom stereocenters. The second-order valence-electron chi connectivity index (χ2n) is 4.80. The Kier molecular flexibility index (Phi) is 4.55. The van der Waals surface area contributed by atoms with Crippen LogP contribution in [-0.4, -0.2) is 36.2 Å². The first-order valence-electron chi connectivity index (χ1n) is 6.85. The molecule has 0 saturated carbocycles. The summed E-state index contributed by atoms with van der Waals surface area (Å²) in [5, 5.41) is 3.10. The summed E-state index contributed by atoms with van der Waals surface area (Å²) in [6.45, 7) is 3.93. The largest absolute Gasteiger partial charge is 0.376 e. The van der Waals surface area contributed by atoms with Crippen molar-refractivity contribution in [1.29, 1.82) is 0 Å². The summed E-state index contributed by atoms with van der Waals surface area (Å²) in [6, 6.07) is 7.29. The molecule has 0 bridgehead atoms. The van der Waals surface area contributed by atoms with Crippen molar-refractivity contribution < 1.29 is 9.59 Å². The number of likely N-dealkylation sites (tertiary alicyclic amines) is 1. The van der Waals surface area contributed by atoms with Crippen LogP contribution in [0.25, 0.3) is 0 Å². The molecular weight excluding hydrogens is 240 g/mol. The molecule has 1 saturated heterocycles. The maximum absolute atomic E-state index is 11.8.